The first-order valence-electron chi connectivity index (χ1n) is 12.5. The number of urea groups is 1. The molecular formula is C29H33N5O5S. The highest BCUT2D eigenvalue weighted by atomic mass is 32.2. The third kappa shape index (κ3) is 6.78. The molecule has 40 heavy (non-hydrogen) atoms. The predicted molar refractivity (Wildman–Crippen MR) is 158 cm³/mol. The van der Waals surface area contributed by atoms with Crippen molar-refractivity contribution in [1.82, 2.24) is 9.97 Å². The van der Waals surface area contributed by atoms with Crippen molar-refractivity contribution in [3.05, 3.63) is 71.7 Å². The number of aryl methyl sites for hydroxylation is 2. The van der Waals surface area contributed by atoms with Gasteiger partial charge in [0, 0.05) is 22.5 Å². The first-order valence-corrected chi connectivity index (χ1v) is 14.4. The molecule has 0 radical (unpaired) electrons. The van der Waals surface area contributed by atoms with Crippen LogP contribution in [0.25, 0.3) is 10.8 Å². The van der Waals surface area contributed by atoms with Crippen LogP contribution in [0.3, 0.4) is 0 Å². The number of sulfonamides is 1. The summed E-state index contributed by atoms with van der Waals surface area (Å²) in [5.41, 5.74) is 2.36. The van der Waals surface area contributed by atoms with Gasteiger partial charge < -0.3 is 20.1 Å². The number of ether oxygens (including phenoxy) is 2. The highest BCUT2D eigenvalue weighted by Gasteiger charge is 2.22. The molecule has 0 bridgehead atoms. The van der Waals surface area contributed by atoms with Gasteiger partial charge in [0.15, 0.2) is 5.75 Å². The third-order valence-electron chi connectivity index (χ3n) is 5.99. The molecule has 0 atom stereocenters. The van der Waals surface area contributed by atoms with E-state index in [2.05, 4.69) is 25.3 Å². The molecule has 0 spiro atoms. The molecule has 1 aromatic heterocycles. The Morgan fingerprint density at radius 2 is 1.52 bits per heavy atom. The second kappa shape index (κ2) is 11.0. The Labute approximate surface area is 234 Å². The van der Waals surface area contributed by atoms with Gasteiger partial charge in [0.05, 0.1) is 30.4 Å². The molecule has 0 saturated heterocycles. The largest absolute Gasteiger partial charge is 0.492 e. The van der Waals surface area contributed by atoms with Crippen molar-refractivity contribution in [2.45, 2.75) is 40.0 Å². The molecule has 4 rings (SSSR count). The van der Waals surface area contributed by atoms with Gasteiger partial charge in [0.25, 0.3) is 0 Å². The van der Waals surface area contributed by atoms with E-state index in [0.717, 1.165) is 28.3 Å². The highest BCUT2D eigenvalue weighted by Crippen LogP contribution is 2.39. The van der Waals surface area contributed by atoms with Gasteiger partial charge >= 0.3 is 6.03 Å². The average molecular weight is 564 g/mol. The van der Waals surface area contributed by atoms with E-state index < -0.39 is 16.1 Å². The van der Waals surface area contributed by atoms with E-state index >= 15 is 0 Å². The van der Waals surface area contributed by atoms with Gasteiger partial charge in [0.1, 0.15) is 11.6 Å². The van der Waals surface area contributed by atoms with Crippen LogP contribution in [0.1, 0.15) is 37.9 Å². The lowest BCUT2D eigenvalue weighted by molar-refractivity contribution is 0.262. The Hall–Kier alpha value is -4.38. The first kappa shape index (κ1) is 28.6. The zero-order valence-electron chi connectivity index (χ0n) is 23.5. The minimum atomic E-state index is -3.60. The first-order chi connectivity index (χ1) is 18.7. The van der Waals surface area contributed by atoms with Crippen molar-refractivity contribution in [2.75, 3.05) is 28.7 Å². The van der Waals surface area contributed by atoms with Crippen molar-refractivity contribution in [2.24, 2.45) is 0 Å². The van der Waals surface area contributed by atoms with Crippen LogP contribution in [0.4, 0.5) is 21.9 Å². The number of nitrogens with zero attached hydrogens (tertiary/aromatic N) is 2. The number of methoxy groups -OCH3 is 1. The number of rotatable bonds is 7. The summed E-state index contributed by atoms with van der Waals surface area (Å²) in [6.45, 7) is 9.64. The number of anilines is 3. The van der Waals surface area contributed by atoms with Crippen LogP contribution in [-0.2, 0) is 15.4 Å². The maximum Gasteiger partial charge on any atom is 0.323 e. The van der Waals surface area contributed by atoms with E-state index in [1.807, 2.05) is 52.0 Å². The maximum atomic E-state index is 13.2. The monoisotopic (exact) mass is 563 g/mol. The van der Waals surface area contributed by atoms with Crippen molar-refractivity contribution in [3.63, 3.8) is 0 Å². The molecule has 1 heterocycles. The lowest BCUT2D eigenvalue weighted by Crippen LogP contribution is -2.22. The smallest absolute Gasteiger partial charge is 0.323 e. The molecule has 10 nitrogen and oxygen atoms in total. The zero-order valence-corrected chi connectivity index (χ0v) is 24.4. The Balaban J connectivity index is 1.66. The van der Waals surface area contributed by atoms with Crippen molar-refractivity contribution in [3.8, 4) is 17.4 Å². The maximum absolute atomic E-state index is 13.2. The minimum Gasteiger partial charge on any atom is -0.492 e. The molecule has 0 saturated carbocycles. The number of benzene rings is 3. The van der Waals surface area contributed by atoms with E-state index in [4.69, 9.17) is 9.47 Å². The van der Waals surface area contributed by atoms with Crippen LogP contribution in [0, 0.1) is 13.8 Å². The number of amides is 2. The molecule has 0 fully saturated rings. The number of fused-ring (bicyclic) bond motifs is 1. The Bertz CT molecular complexity index is 1680. The molecule has 210 valence electrons. The van der Waals surface area contributed by atoms with Crippen molar-refractivity contribution >= 4 is 43.9 Å². The zero-order chi connectivity index (χ0) is 29.2. The van der Waals surface area contributed by atoms with Gasteiger partial charge in [-0.2, -0.15) is 4.98 Å². The van der Waals surface area contributed by atoms with Crippen molar-refractivity contribution in [1.29, 1.82) is 0 Å². The van der Waals surface area contributed by atoms with Gasteiger partial charge in [-0.15, -0.1) is 0 Å². The van der Waals surface area contributed by atoms with Crippen LogP contribution in [0.5, 0.6) is 17.4 Å². The Morgan fingerprint density at radius 3 is 2.15 bits per heavy atom. The molecule has 0 aliphatic heterocycles. The van der Waals surface area contributed by atoms with E-state index in [-0.39, 0.29) is 16.9 Å². The number of hydrogen-bond acceptors (Lipinski definition) is 7. The summed E-state index contributed by atoms with van der Waals surface area (Å²) in [4.78, 5) is 21.9. The summed E-state index contributed by atoms with van der Waals surface area (Å²) in [5.74, 6) is 1.81. The topological polar surface area (TPSA) is 132 Å². The van der Waals surface area contributed by atoms with E-state index in [0.29, 0.717) is 28.8 Å². The number of carbonyl (C=O) groups excluding carboxylic acids is 1. The minimum absolute atomic E-state index is 0.192. The van der Waals surface area contributed by atoms with Crippen LogP contribution in [-0.4, -0.2) is 37.8 Å². The summed E-state index contributed by atoms with van der Waals surface area (Å²) < 4.78 is 38.1. The van der Waals surface area contributed by atoms with E-state index in [9.17, 15) is 13.2 Å². The molecule has 3 N–H and O–H groups in total. The standard InChI is InChI=1S/C29H33N5O5S/c1-17-14-26(31-18(2)30-17)39-25-13-12-22(20-10-8-9-11-21(20)25)32-28(35)33-23-15-19(29(3,4)5)16-24(27(23)38-6)34-40(7,36)37/h8-16,34H,1-7H3,(H2,32,33,35). The number of aromatic nitrogens is 2. The summed E-state index contributed by atoms with van der Waals surface area (Å²) in [6, 6.07) is 15.7. The van der Waals surface area contributed by atoms with Crippen LogP contribution < -0.4 is 24.8 Å². The second-order valence-corrected chi connectivity index (χ2v) is 12.2. The number of carbonyl (C=O) groups is 1. The third-order valence-corrected chi connectivity index (χ3v) is 6.58. The summed E-state index contributed by atoms with van der Waals surface area (Å²) in [5, 5.41) is 7.25. The van der Waals surface area contributed by atoms with Crippen LogP contribution in [0.2, 0.25) is 0 Å². The quantitative estimate of drug-likeness (QED) is 0.238. The van der Waals surface area contributed by atoms with Crippen molar-refractivity contribution < 1.29 is 22.7 Å². The molecule has 11 heteroatoms. The van der Waals surface area contributed by atoms with Crippen LogP contribution >= 0.6 is 0 Å². The van der Waals surface area contributed by atoms with Gasteiger partial charge in [-0.25, -0.2) is 18.2 Å². The van der Waals surface area contributed by atoms with E-state index in [1.165, 1.54) is 7.11 Å². The Kier molecular flexibility index (Phi) is 7.88. The van der Waals surface area contributed by atoms with Gasteiger partial charge in [-0.05, 0) is 49.1 Å². The lowest BCUT2D eigenvalue weighted by Gasteiger charge is -2.24. The highest BCUT2D eigenvalue weighted by molar-refractivity contribution is 7.92. The lowest BCUT2D eigenvalue weighted by atomic mass is 9.86. The summed E-state index contributed by atoms with van der Waals surface area (Å²) in [7, 11) is -2.19. The SMILES string of the molecule is COc1c(NC(=O)Nc2ccc(Oc3cc(C)nc(C)n3)c3ccccc23)cc(C(C)(C)C)cc1NS(C)(=O)=O. The predicted octanol–water partition coefficient (Wildman–Crippen LogP) is 6.36. The normalized spacial score (nSPS) is 11.7. The Morgan fingerprint density at radius 1 is 0.875 bits per heavy atom. The molecule has 3 aromatic carbocycles. The molecule has 0 unspecified atom stereocenters. The number of hydrogen-bond donors (Lipinski definition) is 3. The van der Waals surface area contributed by atoms with E-state index in [1.54, 1.807) is 37.3 Å². The molecule has 2 amide bonds. The summed E-state index contributed by atoms with van der Waals surface area (Å²) in [6.07, 6.45) is 1.06. The van der Waals surface area contributed by atoms with Crippen LogP contribution in [0.15, 0.2) is 54.6 Å². The van der Waals surface area contributed by atoms with Gasteiger partial charge in [0.2, 0.25) is 15.9 Å². The number of nitrogens with one attached hydrogen (secondary N) is 3. The van der Waals surface area contributed by atoms with Gasteiger partial charge in [-0.1, -0.05) is 45.0 Å². The fourth-order valence-corrected chi connectivity index (χ4v) is 4.79. The fraction of sp³-hybridized carbons (Fsp3) is 0.276. The molecule has 4 aromatic rings. The average Bonchev–Trinajstić information content (AvgIpc) is 2.83. The summed E-state index contributed by atoms with van der Waals surface area (Å²) >= 11 is 0. The fourth-order valence-electron chi connectivity index (χ4n) is 4.24. The molecule has 0 aliphatic rings. The van der Waals surface area contributed by atoms with Gasteiger partial charge in [-0.3, -0.25) is 4.72 Å². The molecule has 0 aliphatic carbocycles. The second-order valence-electron chi connectivity index (χ2n) is 10.5. The molecular weight excluding hydrogens is 530 g/mol.